The summed E-state index contributed by atoms with van der Waals surface area (Å²) < 4.78 is 0. The predicted octanol–water partition coefficient (Wildman–Crippen LogP) is 1.98. The second kappa shape index (κ2) is 5.09. The van der Waals surface area contributed by atoms with Crippen molar-refractivity contribution in [2.45, 2.75) is 26.3 Å². The molecule has 0 bridgehead atoms. The van der Waals surface area contributed by atoms with Crippen LogP contribution >= 0.6 is 11.6 Å². The minimum absolute atomic E-state index is 0.0202. The Balaban J connectivity index is 2.15. The standard InChI is InChI=1S/C10H13ClN6/c1-3-8-15-7(11)4-9(16-8)14-6(2)10-12-5-13-17-10/h4-6H,3H2,1-2H3,(H,12,13,17)(H,14,15,16). The van der Waals surface area contributed by atoms with Gasteiger partial charge in [-0.1, -0.05) is 18.5 Å². The molecule has 0 saturated carbocycles. The van der Waals surface area contributed by atoms with Crippen molar-refractivity contribution in [1.82, 2.24) is 25.1 Å². The molecule has 1 unspecified atom stereocenters. The summed E-state index contributed by atoms with van der Waals surface area (Å²) in [5.74, 6) is 2.15. The highest BCUT2D eigenvalue weighted by Crippen LogP contribution is 2.17. The number of aromatic amines is 1. The molecule has 7 heteroatoms. The highest BCUT2D eigenvalue weighted by Gasteiger charge is 2.10. The Labute approximate surface area is 104 Å². The Morgan fingerprint density at radius 2 is 2.29 bits per heavy atom. The van der Waals surface area contributed by atoms with Crippen molar-refractivity contribution in [3.8, 4) is 0 Å². The van der Waals surface area contributed by atoms with E-state index in [0.717, 1.165) is 12.2 Å². The van der Waals surface area contributed by atoms with Gasteiger partial charge < -0.3 is 5.32 Å². The normalized spacial score (nSPS) is 12.4. The molecule has 2 heterocycles. The van der Waals surface area contributed by atoms with Crippen LogP contribution in [0, 0.1) is 0 Å². The molecule has 2 aromatic rings. The monoisotopic (exact) mass is 252 g/mol. The molecular weight excluding hydrogens is 240 g/mol. The van der Waals surface area contributed by atoms with Crippen LogP contribution in [0.1, 0.15) is 31.5 Å². The first-order valence-electron chi connectivity index (χ1n) is 5.34. The van der Waals surface area contributed by atoms with Crippen molar-refractivity contribution in [2.24, 2.45) is 0 Å². The molecule has 2 aromatic heterocycles. The Bertz CT molecular complexity index is 484. The third kappa shape index (κ3) is 2.91. The third-order valence-electron chi connectivity index (χ3n) is 2.27. The molecule has 0 aliphatic carbocycles. The summed E-state index contributed by atoms with van der Waals surface area (Å²) in [7, 11) is 0. The lowest BCUT2D eigenvalue weighted by Crippen LogP contribution is -2.11. The highest BCUT2D eigenvalue weighted by molar-refractivity contribution is 6.29. The molecule has 17 heavy (non-hydrogen) atoms. The van der Waals surface area contributed by atoms with Gasteiger partial charge in [0.25, 0.3) is 0 Å². The zero-order valence-corrected chi connectivity index (χ0v) is 10.4. The molecule has 0 aromatic carbocycles. The van der Waals surface area contributed by atoms with Crippen molar-refractivity contribution in [2.75, 3.05) is 5.32 Å². The molecule has 0 spiro atoms. The molecule has 90 valence electrons. The lowest BCUT2D eigenvalue weighted by molar-refractivity contribution is 0.785. The van der Waals surface area contributed by atoms with Crippen LogP contribution in [-0.2, 0) is 6.42 Å². The second-order valence-electron chi connectivity index (χ2n) is 3.58. The number of hydrogen-bond acceptors (Lipinski definition) is 5. The van der Waals surface area contributed by atoms with Gasteiger partial charge in [0, 0.05) is 12.5 Å². The summed E-state index contributed by atoms with van der Waals surface area (Å²) in [5.41, 5.74) is 0. The Kier molecular flexibility index (Phi) is 3.53. The molecule has 0 aliphatic heterocycles. The summed E-state index contributed by atoms with van der Waals surface area (Å²) in [4.78, 5) is 12.5. The van der Waals surface area contributed by atoms with E-state index < -0.39 is 0 Å². The van der Waals surface area contributed by atoms with Gasteiger partial charge in [-0.25, -0.2) is 15.0 Å². The highest BCUT2D eigenvalue weighted by atomic mass is 35.5. The quantitative estimate of drug-likeness (QED) is 0.814. The number of aromatic nitrogens is 5. The lowest BCUT2D eigenvalue weighted by atomic mass is 10.3. The van der Waals surface area contributed by atoms with E-state index in [0.29, 0.717) is 16.8 Å². The van der Waals surface area contributed by atoms with Crippen molar-refractivity contribution in [3.05, 3.63) is 29.2 Å². The topological polar surface area (TPSA) is 79.4 Å². The molecule has 1 atom stereocenters. The fourth-order valence-electron chi connectivity index (χ4n) is 1.41. The van der Waals surface area contributed by atoms with Gasteiger partial charge in [0.1, 0.15) is 28.9 Å². The average Bonchev–Trinajstić information content (AvgIpc) is 2.81. The van der Waals surface area contributed by atoms with E-state index in [4.69, 9.17) is 11.6 Å². The molecule has 0 radical (unpaired) electrons. The summed E-state index contributed by atoms with van der Waals surface area (Å²) in [6.07, 6.45) is 2.21. The zero-order valence-electron chi connectivity index (χ0n) is 9.61. The van der Waals surface area contributed by atoms with Crippen LogP contribution < -0.4 is 5.32 Å². The van der Waals surface area contributed by atoms with Gasteiger partial charge >= 0.3 is 0 Å². The molecule has 0 saturated heterocycles. The van der Waals surface area contributed by atoms with Crippen LogP contribution in [0.2, 0.25) is 5.15 Å². The van der Waals surface area contributed by atoms with Crippen molar-refractivity contribution < 1.29 is 0 Å². The van der Waals surface area contributed by atoms with Gasteiger partial charge in [-0.05, 0) is 6.92 Å². The maximum atomic E-state index is 5.91. The van der Waals surface area contributed by atoms with E-state index in [9.17, 15) is 0 Å². The van der Waals surface area contributed by atoms with E-state index in [-0.39, 0.29) is 6.04 Å². The van der Waals surface area contributed by atoms with Crippen LogP contribution in [0.25, 0.3) is 0 Å². The fraction of sp³-hybridized carbons (Fsp3) is 0.400. The number of nitrogens with one attached hydrogen (secondary N) is 2. The van der Waals surface area contributed by atoms with E-state index in [2.05, 4.69) is 30.5 Å². The molecular formula is C10H13ClN6. The first-order valence-corrected chi connectivity index (χ1v) is 5.72. The smallest absolute Gasteiger partial charge is 0.146 e. The van der Waals surface area contributed by atoms with Crippen LogP contribution in [0.5, 0.6) is 0 Å². The molecule has 2 N–H and O–H groups in total. The molecule has 0 amide bonds. The van der Waals surface area contributed by atoms with Gasteiger partial charge in [-0.15, -0.1) is 0 Å². The lowest BCUT2D eigenvalue weighted by Gasteiger charge is -2.12. The number of H-pyrrole nitrogens is 1. The average molecular weight is 253 g/mol. The zero-order chi connectivity index (χ0) is 12.3. The van der Waals surface area contributed by atoms with Gasteiger partial charge in [0.2, 0.25) is 0 Å². The minimum atomic E-state index is -0.0202. The molecule has 2 rings (SSSR count). The first kappa shape index (κ1) is 11.8. The maximum absolute atomic E-state index is 5.91. The Morgan fingerprint density at radius 1 is 1.47 bits per heavy atom. The third-order valence-corrected chi connectivity index (χ3v) is 2.46. The van der Waals surface area contributed by atoms with Gasteiger partial charge in [0.15, 0.2) is 0 Å². The van der Waals surface area contributed by atoms with E-state index in [1.54, 1.807) is 6.07 Å². The number of anilines is 1. The summed E-state index contributed by atoms with van der Waals surface area (Å²) >= 11 is 5.91. The SMILES string of the molecule is CCc1nc(Cl)cc(NC(C)c2ncn[nH]2)n1. The summed E-state index contributed by atoms with van der Waals surface area (Å²) in [5, 5.41) is 10.2. The van der Waals surface area contributed by atoms with Crippen LogP contribution in [-0.4, -0.2) is 25.1 Å². The molecule has 0 fully saturated rings. The molecule has 0 aliphatic rings. The largest absolute Gasteiger partial charge is 0.360 e. The van der Waals surface area contributed by atoms with Gasteiger partial charge in [-0.2, -0.15) is 5.10 Å². The Morgan fingerprint density at radius 3 is 2.94 bits per heavy atom. The predicted molar refractivity (Wildman–Crippen MR) is 64.8 cm³/mol. The van der Waals surface area contributed by atoms with Crippen LogP contribution in [0.3, 0.4) is 0 Å². The minimum Gasteiger partial charge on any atom is -0.360 e. The van der Waals surface area contributed by atoms with E-state index >= 15 is 0 Å². The van der Waals surface area contributed by atoms with Gasteiger partial charge in [-0.3, -0.25) is 5.10 Å². The summed E-state index contributed by atoms with van der Waals surface area (Å²) in [6, 6.07) is 1.67. The number of aryl methyl sites for hydroxylation is 1. The summed E-state index contributed by atoms with van der Waals surface area (Å²) in [6.45, 7) is 3.94. The van der Waals surface area contributed by atoms with Crippen molar-refractivity contribution in [1.29, 1.82) is 0 Å². The number of hydrogen-bond donors (Lipinski definition) is 2. The van der Waals surface area contributed by atoms with E-state index in [1.807, 2.05) is 13.8 Å². The number of nitrogens with zero attached hydrogens (tertiary/aromatic N) is 4. The van der Waals surface area contributed by atoms with Crippen LogP contribution in [0.15, 0.2) is 12.4 Å². The Hall–Kier alpha value is -1.69. The van der Waals surface area contributed by atoms with Crippen LogP contribution in [0.4, 0.5) is 5.82 Å². The number of halogens is 1. The number of rotatable bonds is 4. The second-order valence-corrected chi connectivity index (χ2v) is 3.97. The fourth-order valence-corrected chi connectivity index (χ4v) is 1.61. The van der Waals surface area contributed by atoms with Crippen molar-refractivity contribution >= 4 is 17.4 Å². The molecule has 6 nitrogen and oxygen atoms in total. The van der Waals surface area contributed by atoms with Gasteiger partial charge in [0.05, 0.1) is 6.04 Å². The van der Waals surface area contributed by atoms with Crippen molar-refractivity contribution in [3.63, 3.8) is 0 Å². The van der Waals surface area contributed by atoms with E-state index in [1.165, 1.54) is 6.33 Å². The first-order chi connectivity index (χ1) is 8.19. The maximum Gasteiger partial charge on any atom is 0.146 e.